The molecular formula is C13H17NO3. The summed E-state index contributed by atoms with van der Waals surface area (Å²) in [5.74, 6) is -0.488. The molecule has 0 spiro atoms. The first-order chi connectivity index (χ1) is 7.80. The van der Waals surface area contributed by atoms with Crippen LogP contribution in [0.4, 0.5) is 4.79 Å². The molecule has 1 rings (SSSR count). The number of rotatable bonds is 4. The molecule has 1 aromatic rings. The summed E-state index contributed by atoms with van der Waals surface area (Å²) in [7, 11) is 0. The van der Waals surface area contributed by atoms with Crippen molar-refractivity contribution < 1.29 is 14.3 Å². The smallest absolute Gasteiger partial charge is 0.407 e. The average molecular weight is 235 g/mol. The summed E-state index contributed by atoms with van der Waals surface area (Å²) in [6.45, 7) is 9.00. The number of amides is 1. The van der Waals surface area contributed by atoms with Gasteiger partial charge >= 0.3 is 6.09 Å². The molecule has 1 amide bonds. The molecular weight excluding hydrogens is 218 g/mol. The normalized spacial score (nSPS) is 10.8. The lowest BCUT2D eigenvalue weighted by molar-refractivity contribution is -0.107. The number of hydrogen-bond donors (Lipinski definition) is 1. The van der Waals surface area contributed by atoms with Gasteiger partial charge in [-0.1, -0.05) is 24.3 Å². The summed E-state index contributed by atoms with van der Waals surface area (Å²) in [4.78, 5) is 10.7. The molecule has 0 heterocycles. The third-order valence-corrected chi connectivity index (χ3v) is 2.06. The van der Waals surface area contributed by atoms with Gasteiger partial charge in [0, 0.05) is 13.8 Å². The predicted molar refractivity (Wildman–Crippen MR) is 66.5 cm³/mol. The maximum Gasteiger partial charge on any atom is 0.407 e. The Morgan fingerprint density at radius 3 is 2.24 bits per heavy atom. The summed E-state index contributed by atoms with van der Waals surface area (Å²) < 4.78 is 10.3. The van der Waals surface area contributed by atoms with Crippen molar-refractivity contribution in [1.82, 2.24) is 0 Å². The first-order valence-electron chi connectivity index (χ1n) is 5.23. The number of allylic oxidation sites excluding steroid dienone is 1. The summed E-state index contributed by atoms with van der Waals surface area (Å²) in [6.07, 6.45) is -0.867. The van der Waals surface area contributed by atoms with Crippen molar-refractivity contribution in [2.45, 2.75) is 26.6 Å². The van der Waals surface area contributed by atoms with Crippen molar-refractivity contribution in [2.24, 2.45) is 5.73 Å². The van der Waals surface area contributed by atoms with Crippen LogP contribution < -0.4 is 10.5 Å². The number of ether oxygens (including phenoxy) is 2. The van der Waals surface area contributed by atoms with E-state index in [1.807, 2.05) is 19.1 Å². The quantitative estimate of drug-likeness (QED) is 0.816. The standard InChI is InChI=1S/C13H17NO3/c1-9(2)10-5-7-11(8-6-10)16-13(3,4)17-12(14)15/h5-8H,1H2,2-4H3,(H2,14,15). The van der Waals surface area contributed by atoms with Gasteiger partial charge in [0.15, 0.2) is 0 Å². The summed E-state index contributed by atoms with van der Waals surface area (Å²) in [5, 5.41) is 0. The van der Waals surface area contributed by atoms with Crippen molar-refractivity contribution in [3.8, 4) is 5.75 Å². The minimum atomic E-state index is -1.09. The molecule has 0 bridgehead atoms. The SMILES string of the molecule is C=C(C)c1ccc(OC(C)(C)OC(N)=O)cc1. The lowest BCUT2D eigenvalue weighted by atomic mass is 10.1. The van der Waals surface area contributed by atoms with E-state index in [-0.39, 0.29) is 0 Å². The van der Waals surface area contributed by atoms with E-state index in [9.17, 15) is 4.79 Å². The number of carbonyl (C=O) groups excluding carboxylic acids is 1. The second-order valence-corrected chi connectivity index (χ2v) is 4.23. The first kappa shape index (κ1) is 13.1. The van der Waals surface area contributed by atoms with Crippen LogP contribution in [0.1, 0.15) is 26.3 Å². The van der Waals surface area contributed by atoms with Gasteiger partial charge in [0.05, 0.1) is 0 Å². The fourth-order valence-electron chi connectivity index (χ4n) is 1.35. The summed E-state index contributed by atoms with van der Waals surface area (Å²) >= 11 is 0. The Morgan fingerprint density at radius 1 is 1.29 bits per heavy atom. The van der Waals surface area contributed by atoms with Crippen molar-refractivity contribution >= 4 is 11.7 Å². The lowest BCUT2D eigenvalue weighted by Crippen LogP contribution is -2.36. The molecule has 4 heteroatoms. The Hall–Kier alpha value is -1.97. The molecule has 0 saturated heterocycles. The van der Waals surface area contributed by atoms with E-state index < -0.39 is 11.9 Å². The van der Waals surface area contributed by atoms with E-state index in [1.54, 1.807) is 26.0 Å². The molecule has 0 fully saturated rings. The molecule has 0 aliphatic rings. The highest BCUT2D eigenvalue weighted by Gasteiger charge is 2.23. The maximum atomic E-state index is 10.7. The van der Waals surface area contributed by atoms with E-state index >= 15 is 0 Å². The maximum absolute atomic E-state index is 10.7. The Balaban J connectivity index is 2.75. The summed E-state index contributed by atoms with van der Waals surface area (Å²) in [6, 6.07) is 7.35. The van der Waals surface area contributed by atoms with E-state index in [1.165, 1.54) is 0 Å². The Morgan fingerprint density at radius 2 is 1.82 bits per heavy atom. The number of nitrogens with two attached hydrogens (primary N) is 1. The van der Waals surface area contributed by atoms with E-state index in [0.29, 0.717) is 5.75 Å². The van der Waals surface area contributed by atoms with Gasteiger partial charge in [-0.2, -0.15) is 0 Å². The van der Waals surface area contributed by atoms with Crippen LogP contribution in [0.25, 0.3) is 5.57 Å². The highest BCUT2D eigenvalue weighted by atomic mass is 16.7. The van der Waals surface area contributed by atoms with Gasteiger partial charge in [-0.3, -0.25) is 0 Å². The number of primary amides is 1. The van der Waals surface area contributed by atoms with Gasteiger partial charge in [0.2, 0.25) is 0 Å². The average Bonchev–Trinajstić information content (AvgIpc) is 2.15. The van der Waals surface area contributed by atoms with Crippen LogP contribution in [0.3, 0.4) is 0 Å². The van der Waals surface area contributed by atoms with Crippen molar-refractivity contribution in [1.29, 1.82) is 0 Å². The third-order valence-electron chi connectivity index (χ3n) is 2.06. The van der Waals surface area contributed by atoms with Gasteiger partial charge in [0.25, 0.3) is 5.79 Å². The number of hydrogen-bond acceptors (Lipinski definition) is 3. The van der Waals surface area contributed by atoms with Crippen molar-refractivity contribution in [2.75, 3.05) is 0 Å². The largest absolute Gasteiger partial charge is 0.453 e. The highest BCUT2D eigenvalue weighted by Crippen LogP contribution is 2.21. The van der Waals surface area contributed by atoms with Gasteiger partial charge in [-0.25, -0.2) is 4.79 Å². The molecule has 0 unspecified atom stereocenters. The second kappa shape index (κ2) is 4.91. The van der Waals surface area contributed by atoms with Crippen LogP contribution in [0.2, 0.25) is 0 Å². The zero-order chi connectivity index (χ0) is 13.1. The molecule has 0 radical (unpaired) electrons. The minimum absolute atomic E-state index is 0.598. The van der Waals surface area contributed by atoms with Crippen LogP contribution >= 0.6 is 0 Å². The van der Waals surface area contributed by atoms with E-state index in [2.05, 4.69) is 6.58 Å². The van der Waals surface area contributed by atoms with Gasteiger partial charge in [-0.05, 0) is 24.6 Å². The fraction of sp³-hybridized carbons (Fsp3) is 0.308. The molecule has 4 nitrogen and oxygen atoms in total. The van der Waals surface area contributed by atoms with Crippen LogP contribution in [0.15, 0.2) is 30.8 Å². The minimum Gasteiger partial charge on any atom is -0.453 e. The van der Waals surface area contributed by atoms with Gasteiger partial charge < -0.3 is 15.2 Å². The Kier molecular flexibility index (Phi) is 3.78. The van der Waals surface area contributed by atoms with Crippen LogP contribution in [0, 0.1) is 0 Å². The lowest BCUT2D eigenvalue weighted by Gasteiger charge is -2.25. The van der Waals surface area contributed by atoms with Crippen LogP contribution in [0.5, 0.6) is 5.75 Å². The molecule has 2 N–H and O–H groups in total. The van der Waals surface area contributed by atoms with Crippen molar-refractivity contribution in [3.05, 3.63) is 36.4 Å². The second-order valence-electron chi connectivity index (χ2n) is 4.23. The topological polar surface area (TPSA) is 61.6 Å². The summed E-state index contributed by atoms with van der Waals surface area (Å²) in [5.41, 5.74) is 6.95. The van der Waals surface area contributed by atoms with Crippen molar-refractivity contribution in [3.63, 3.8) is 0 Å². The molecule has 92 valence electrons. The molecule has 0 aliphatic carbocycles. The van der Waals surface area contributed by atoms with Gasteiger partial charge in [0.1, 0.15) is 5.75 Å². The first-order valence-corrected chi connectivity index (χ1v) is 5.23. The fourth-order valence-corrected chi connectivity index (χ4v) is 1.35. The molecule has 0 aromatic heterocycles. The molecule has 0 aliphatic heterocycles. The molecule has 17 heavy (non-hydrogen) atoms. The molecule has 0 atom stereocenters. The van der Waals surface area contributed by atoms with Gasteiger partial charge in [-0.15, -0.1) is 0 Å². The number of benzene rings is 1. The van der Waals surface area contributed by atoms with E-state index in [0.717, 1.165) is 11.1 Å². The highest BCUT2D eigenvalue weighted by molar-refractivity contribution is 5.65. The zero-order valence-corrected chi connectivity index (χ0v) is 10.3. The Labute approximate surface area is 101 Å². The molecule has 0 saturated carbocycles. The van der Waals surface area contributed by atoms with Crippen LogP contribution in [-0.4, -0.2) is 11.9 Å². The third kappa shape index (κ3) is 4.18. The Bertz CT molecular complexity index is 421. The van der Waals surface area contributed by atoms with E-state index in [4.69, 9.17) is 15.2 Å². The van der Waals surface area contributed by atoms with Crippen LogP contribution in [-0.2, 0) is 4.74 Å². The monoisotopic (exact) mass is 235 g/mol. The zero-order valence-electron chi connectivity index (χ0n) is 10.3. The predicted octanol–water partition coefficient (Wildman–Crippen LogP) is 2.93. The number of carbonyl (C=O) groups is 1. The molecule has 1 aromatic carbocycles.